The Labute approximate surface area is 205 Å². The number of hydrogen-bond donors (Lipinski definition) is 1. The Morgan fingerprint density at radius 2 is 1.66 bits per heavy atom. The van der Waals surface area contributed by atoms with Gasteiger partial charge in [0.2, 0.25) is 0 Å². The molecule has 5 rings (SSSR count). The molecule has 6 nitrogen and oxygen atoms in total. The topological polar surface area (TPSA) is 80.8 Å². The third kappa shape index (κ3) is 4.19. The van der Waals surface area contributed by atoms with Crippen LogP contribution in [0.5, 0.6) is 0 Å². The summed E-state index contributed by atoms with van der Waals surface area (Å²) in [5.41, 5.74) is 12.4. The molecule has 0 radical (unpaired) electrons. The minimum atomic E-state index is -0.0105. The van der Waals surface area contributed by atoms with Gasteiger partial charge >= 0.3 is 0 Å². The Morgan fingerprint density at radius 1 is 0.800 bits per heavy atom. The van der Waals surface area contributed by atoms with Crippen LogP contribution in [0.2, 0.25) is 0 Å². The van der Waals surface area contributed by atoms with Crippen LogP contribution in [0.15, 0.2) is 85.6 Å². The van der Waals surface area contributed by atoms with E-state index in [1.54, 1.807) is 18.7 Å². The highest BCUT2D eigenvalue weighted by atomic mass is 15.2. The molecule has 3 heterocycles. The van der Waals surface area contributed by atoms with Gasteiger partial charge in [-0.2, -0.15) is 0 Å². The molecule has 0 saturated heterocycles. The van der Waals surface area contributed by atoms with Crippen LogP contribution in [0.3, 0.4) is 0 Å². The zero-order chi connectivity index (χ0) is 24.6. The van der Waals surface area contributed by atoms with Crippen molar-refractivity contribution >= 4 is 33.8 Å². The van der Waals surface area contributed by atoms with Crippen LogP contribution >= 0.6 is 0 Å². The van der Waals surface area contributed by atoms with E-state index in [4.69, 9.17) is 10.7 Å². The lowest BCUT2D eigenvalue weighted by Crippen LogP contribution is -2.17. The fourth-order valence-electron chi connectivity index (χ4n) is 4.36. The fraction of sp³-hybridized carbons (Fsp3) is 0.172. The lowest BCUT2D eigenvalue weighted by molar-refractivity contribution is 0.590. The monoisotopic (exact) mass is 460 g/mol. The first kappa shape index (κ1) is 22.5. The zero-order valence-corrected chi connectivity index (χ0v) is 20.4. The van der Waals surface area contributed by atoms with Crippen LogP contribution in [0.1, 0.15) is 31.9 Å². The fourth-order valence-corrected chi connectivity index (χ4v) is 4.36. The van der Waals surface area contributed by atoms with Gasteiger partial charge < -0.3 is 5.73 Å². The molecule has 0 amide bonds. The van der Waals surface area contributed by atoms with E-state index in [0.717, 1.165) is 44.8 Å². The van der Waals surface area contributed by atoms with E-state index in [-0.39, 0.29) is 5.41 Å². The molecule has 0 aliphatic carbocycles. The first-order chi connectivity index (χ1) is 16.8. The molecule has 174 valence electrons. The van der Waals surface area contributed by atoms with Crippen molar-refractivity contribution in [3.8, 4) is 11.3 Å². The highest BCUT2D eigenvalue weighted by Gasteiger charge is 2.24. The van der Waals surface area contributed by atoms with Crippen molar-refractivity contribution < 1.29 is 0 Å². The highest BCUT2D eigenvalue weighted by Crippen LogP contribution is 2.44. The molecular weight excluding hydrogens is 432 g/mol. The summed E-state index contributed by atoms with van der Waals surface area (Å²) in [5.74, 6) is 1.28. The predicted molar refractivity (Wildman–Crippen MR) is 143 cm³/mol. The molecule has 0 bridgehead atoms. The summed E-state index contributed by atoms with van der Waals surface area (Å²) in [4.78, 5) is 20.0. The van der Waals surface area contributed by atoms with Crippen LogP contribution in [0.25, 0.3) is 22.0 Å². The molecule has 2 aromatic carbocycles. The van der Waals surface area contributed by atoms with Gasteiger partial charge in [-0.25, -0.2) is 19.9 Å². The number of fused-ring (bicyclic) bond motifs is 1. The predicted octanol–water partition coefficient (Wildman–Crippen LogP) is 6.74. The van der Waals surface area contributed by atoms with Crippen molar-refractivity contribution in [1.82, 2.24) is 19.9 Å². The number of nitrogen functional groups attached to an aromatic ring is 1. The molecule has 0 saturated carbocycles. The van der Waals surface area contributed by atoms with Crippen LogP contribution in [-0.2, 0) is 5.41 Å². The molecule has 3 aromatic heterocycles. The number of aryl methyl sites for hydroxylation is 1. The number of benzene rings is 2. The van der Waals surface area contributed by atoms with Crippen molar-refractivity contribution in [3.05, 3.63) is 96.7 Å². The highest BCUT2D eigenvalue weighted by molar-refractivity contribution is 6.04. The van der Waals surface area contributed by atoms with Crippen LogP contribution in [0, 0.1) is 6.92 Å². The number of aromatic nitrogens is 4. The SMILES string of the molecule is Cc1ccc2c(N)nccc2c1N(c1cccc(C(C)(C)C)c1)c1ncccc1-c1ccncn1. The normalized spacial score (nSPS) is 11.5. The Balaban J connectivity index is 1.86. The lowest BCUT2D eigenvalue weighted by atomic mass is 9.86. The number of rotatable bonds is 4. The summed E-state index contributed by atoms with van der Waals surface area (Å²) in [6.45, 7) is 8.77. The molecular formula is C29H28N6. The van der Waals surface area contributed by atoms with Gasteiger partial charge in [0.15, 0.2) is 0 Å². The van der Waals surface area contributed by atoms with E-state index >= 15 is 0 Å². The molecule has 0 aliphatic heterocycles. The van der Waals surface area contributed by atoms with E-state index < -0.39 is 0 Å². The third-order valence-electron chi connectivity index (χ3n) is 6.20. The third-order valence-corrected chi connectivity index (χ3v) is 6.20. The zero-order valence-electron chi connectivity index (χ0n) is 20.4. The van der Waals surface area contributed by atoms with Gasteiger partial charge in [-0.15, -0.1) is 0 Å². The van der Waals surface area contributed by atoms with E-state index in [9.17, 15) is 0 Å². The summed E-state index contributed by atoms with van der Waals surface area (Å²) in [5, 5.41) is 1.92. The van der Waals surface area contributed by atoms with Crippen molar-refractivity contribution in [1.29, 1.82) is 0 Å². The van der Waals surface area contributed by atoms with Crippen molar-refractivity contribution in [2.45, 2.75) is 33.1 Å². The maximum absolute atomic E-state index is 6.29. The van der Waals surface area contributed by atoms with Gasteiger partial charge in [0.25, 0.3) is 0 Å². The molecule has 0 unspecified atom stereocenters. The summed E-state index contributed by atoms with van der Waals surface area (Å²) in [7, 11) is 0. The Morgan fingerprint density at radius 3 is 2.43 bits per heavy atom. The molecule has 2 N–H and O–H groups in total. The maximum Gasteiger partial charge on any atom is 0.147 e. The number of hydrogen-bond acceptors (Lipinski definition) is 6. The van der Waals surface area contributed by atoms with Gasteiger partial charge in [-0.3, -0.25) is 4.90 Å². The standard InChI is InChI=1S/C29H28N6/c1-19-10-11-23-22(12-16-32-27(23)30)26(19)35(21-8-5-7-20(17-21)29(2,3)4)28-24(9-6-14-33-28)25-13-15-31-18-34-25/h5-18H,1-4H3,(H2,30,32). The Bertz CT molecular complexity index is 1510. The minimum absolute atomic E-state index is 0.0105. The molecule has 35 heavy (non-hydrogen) atoms. The maximum atomic E-state index is 6.29. The summed E-state index contributed by atoms with van der Waals surface area (Å²) >= 11 is 0. The molecule has 0 spiro atoms. The van der Waals surface area contributed by atoms with Gasteiger partial charge in [0.1, 0.15) is 18.0 Å². The molecule has 0 atom stereocenters. The number of pyridine rings is 2. The van der Waals surface area contributed by atoms with Gasteiger partial charge in [0.05, 0.1) is 11.4 Å². The second kappa shape index (κ2) is 8.80. The van der Waals surface area contributed by atoms with Crippen LogP contribution in [0.4, 0.5) is 23.0 Å². The average molecular weight is 461 g/mol. The van der Waals surface area contributed by atoms with E-state index in [2.05, 4.69) is 77.9 Å². The summed E-state index contributed by atoms with van der Waals surface area (Å²) in [6.07, 6.45) is 6.89. The molecule has 0 fully saturated rings. The van der Waals surface area contributed by atoms with Gasteiger partial charge in [-0.1, -0.05) is 45.0 Å². The van der Waals surface area contributed by atoms with Crippen molar-refractivity contribution in [2.24, 2.45) is 0 Å². The summed E-state index contributed by atoms with van der Waals surface area (Å²) < 4.78 is 0. The van der Waals surface area contributed by atoms with E-state index in [1.807, 2.05) is 36.5 Å². The summed E-state index contributed by atoms with van der Waals surface area (Å²) in [6, 6.07) is 20.6. The largest absolute Gasteiger partial charge is 0.383 e. The van der Waals surface area contributed by atoms with Crippen LogP contribution in [-0.4, -0.2) is 19.9 Å². The number of nitrogens with zero attached hydrogens (tertiary/aromatic N) is 5. The van der Waals surface area contributed by atoms with Crippen LogP contribution < -0.4 is 10.6 Å². The molecule has 0 aliphatic rings. The first-order valence-electron chi connectivity index (χ1n) is 11.6. The number of nitrogens with two attached hydrogens (primary N) is 1. The Kier molecular flexibility index (Phi) is 5.65. The first-order valence-corrected chi connectivity index (χ1v) is 11.6. The quantitative estimate of drug-likeness (QED) is 0.320. The Hall–Kier alpha value is -4.32. The molecule has 5 aromatic rings. The second-order valence-corrected chi connectivity index (χ2v) is 9.63. The van der Waals surface area contributed by atoms with Gasteiger partial charge in [-0.05, 0) is 59.9 Å². The minimum Gasteiger partial charge on any atom is -0.383 e. The average Bonchev–Trinajstić information content (AvgIpc) is 2.86. The van der Waals surface area contributed by atoms with E-state index in [1.165, 1.54) is 5.56 Å². The smallest absolute Gasteiger partial charge is 0.147 e. The number of anilines is 4. The molecule has 6 heteroatoms. The van der Waals surface area contributed by atoms with Gasteiger partial charge in [0, 0.05) is 40.6 Å². The second-order valence-electron chi connectivity index (χ2n) is 9.63. The van der Waals surface area contributed by atoms with Crippen molar-refractivity contribution in [3.63, 3.8) is 0 Å². The lowest BCUT2D eigenvalue weighted by Gasteiger charge is -2.30. The van der Waals surface area contributed by atoms with E-state index in [0.29, 0.717) is 5.82 Å². The van der Waals surface area contributed by atoms with Crippen molar-refractivity contribution in [2.75, 3.05) is 10.6 Å².